The van der Waals surface area contributed by atoms with Gasteiger partial charge in [-0.2, -0.15) is 13.2 Å². The highest BCUT2D eigenvalue weighted by Crippen LogP contribution is 2.36. The molecule has 156 valence electrons. The van der Waals surface area contributed by atoms with Crippen LogP contribution in [-0.2, 0) is 11.0 Å². The van der Waals surface area contributed by atoms with E-state index in [0.29, 0.717) is 31.1 Å². The Morgan fingerprint density at radius 3 is 2.45 bits per heavy atom. The van der Waals surface area contributed by atoms with Crippen molar-refractivity contribution in [1.29, 1.82) is 0 Å². The Bertz CT molecular complexity index is 881. The molecule has 0 spiro atoms. The highest BCUT2D eigenvalue weighted by molar-refractivity contribution is 7.12. The molecule has 1 aromatic carbocycles. The third kappa shape index (κ3) is 5.09. The average molecular weight is 446 g/mol. The maximum atomic E-state index is 13.0. The van der Waals surface area contributed by atoms with Crippen LogP contribution in [0.1, 0.15) is 22.2 Å². The van der Waals surface area contributed by atoms with E-state index in [9.17, 15) is 22.8 Å². The van der Waals surface area contributed by atoms with Crippen molar-refractivity contribution >= 4 is 40.4 Å². The summed E-state index contributed by atoms with van der Waals surface area (Å²) in [7, 11) is 0. The zero-order valence-corrected chi connectivity index (χ0v) is 17.1. The highest BCUT2D eigenvalue weighted by atomic mass is 35.5. The Balaban J connectivity index is 1.58. The van der Waals surface area contributed by atoms with Crippen molar-refractivity contribution in [2.75, 3.05) is 31.5 Å². The molecule has 1 fully saturated rings. The number of anilines is 1. The van der Waals surface area contributed by atoms with E-state index in [-0.39, 0.29) is 11.6 Å². The quantitative estimate of drug-likeness (QED) is 0.767. The molecule has 3 rings (SSSR count). The lowest BCUT2D eigenvalue weighted by Crippen LogP contribution is -2.53. The predicted octanol–water partition coefficient (Wildman–Crippen LogP) is 4.21. The van der Waals surface area contributed by atoms with E-state index in [0.717, 1.165) is 12.1 Å². The summed E-state index contributed by atoms with van der Waals surface area (Å²) < 4.78 is 38.9. The monoisotopic (exact) mass is 445 g/mol. The molecule has 0 bridgehead atoms. The summed E-state index contributed by atoms with van der Waals surface area (Å²) in [6.45, 7) is 3.65. The van der Waals surface area contributed by atoms with E-state index in [1.807, 2.05) is 16.3 Å². The summed E-state index contributed by atoms with van der Waals surface area (Å²) in [5.41, 5.74) is -0.963. The average Bonchev–Trinajstić information content (AvgIpc) is 3.22. The first-order valence-corrected chi connectivity index (χ1v) is 10.2. The number of thiophene rings is 1. The van der Waals surface area contributed by atoms with Gasteiger partial charge >= 0.3 is 6.18 Å². The number of piperazine rings is 1. The van der Waals surface area contributed by atoms with E-state index >= 15 is 0 Å². The minimum Gasteiger partial charge on any atom is -0.335 e. The number of amides is 2. The van der Waals surface area contributed by atoms with Crippen LogP contribution < -0.4 is 5.32 Å². The Morgan fingerprint density at radius 2 is 1.86 bits per heavy atom. The van der Waals surface area contributed by atoms with Gasteiger partial charge in [0, 0.05) is 31.9 Å². The van der Waals surface area contributed by atoms with Gasteiger partial charge in [0.1, 0.15) is 0 Å². The number of halogens is 4. The number of nitrogens with zero attached hydrogens (tertiary/aromatic N) is 2. The lowest BCUT2D eigenvalue weighted by atomic mass is 10.1. The van der Waals surface area contributed by atoms with Crippen LogP contribution in [0.4, 0.5) is 18.9 Å². The molecule has 1 aliphatic heterocycles. The fourth-order valence-corrected chi connectivity index (χ4v) is 4.02. The number of nitrogens with one attached hydrogen (secondary N) is 1. The first kappa shape index (κ1) is 21.6. The van der Waals surface area contributed by atoms with Crippen LogP contribution in [0.25, 0.3) is 0 Å². The fraction of sp³-hybridized carbons (Fsp3) is 0.368. The Hall–Kier alpha value is -2.10. The number of carbonyl (C=O) groups is 2. The first-order valence-electron chi connectivity index (χ1n) is 8.91. The van der Waals surface area contributed by atoms with Gasteiger partial charge in [-0.3, -0.25) is 14.5 Å². The summed E-state index contributed by atoms with van der Waals surface area (Å²) in [4.78, 5) is 29.2. The van der Waals surface area contributed by atoms with E-state index in [2.05, 4.69) is 5.32 Å². The second-order valence-corrected chi connectivity index (χ2v) is 8.02. The maximum Gasteiger partial charge on any atom is 0.417 e. The molecule has 1 aromatic heterocycles. The third-order valence-electron chi connectivity index (χ3n) is 4.80. The maximum absolute atomic E-state index is 13.0. The van der Waals surface area contributed by atoms with Crippen LogP contribution in [0, 0.1) is 0 Å². The zero-order chi connectivity index (χ0) is 21.2. The largest absolute Gasteiger partial charge is 0.417 e. The molecule has 1 saturated heterocycles. The molecule has 5 nitrogen and oxygen atoms in total. The molecule has 2 amide bonds. The van der Waals surface area contributed by atoms with Crippen LogP contribution in [0.5, 0.6) is 0 Å². The number of hydrogen-bond acceptors (Lipinski definition) is 4. The van der Waals surface area contributed by atoms with E-state index < -0.39 is 28.7 Å². The standard InChI is InChI=1S/C19H19ClF3N3O2S/c1-12(17(27)24-13-4-5-15(20)14(11-13)19(21,22)23)25-6-8-26(9-7-25)18(28)16-3-2-10-29-16/h2-5,10-12H,6-9H2,1H3,(H,24,27). The van der Waals surface area contributed by atoms with Crippen LogP contribution in [0.3, 0.4) is 0 Å². The van der Waals surface area contributed by atoms with Crippen LogP contribution in [0.15, 0.2) is 35.7 Å². The smallest absolute Gasteiger partial charge is 0.335 e. The van der Waals surface area contributed by atoms with Crippen molar-refractivity contribution in [2.24, 2.45) is 0 Å². The minimum absolute atomic E-state index is 0.0300. The van der Waals surface area contributed by atoms with Crippen molar-refractivity contribution < 1.29 is 22.8 Å². The Morgan fingerprint density at radius 1 is 1.17 bits per heavy atom. The lowest BCUT2D eigenvalue weighted by Gasteiger charge is -2.37. The predicted molar refractivity (Wildman–Crippen MR) is 106 cm³/mol. The van der Waals surface area contributed by atoms with Crippen molar-refractivity contribution in [3.05, 3.63) is 51.2 Å². The minimum atomic E-state index is -4.60. The molecule has 1 aliphatic rings. The summed E-state index contributed by atoms with van der Waals surface area (Å²) in [6, 6.07) is 6.31. The third-order valence-corrected chi connectivity index (χ3v) is 5.99. The molecule has 2 heterocycles. The van der Waals surface area contributed by atoms with Gasteiger partial charge in [-0.15, -0.1) is 11.3 Å². The lowest BCUT2D eigenvalue weighted by molar-refractivity contribution is -0.137. The van der Waals surface area contributed by atoms with Gasteiger partial charge in [-0.1, -0.05) is 17.7 Å². The van der Waals surface area contributed by atoms with Gasteiger partial charge in [0.25, 0.3) is 5.91 Å². The number of alkyl halides is 3. The van der Waals surface area contributed by atoms with E-state index in [1.54, 1.807) is 17.9 Å². The molecule has 1 N–H and O–H groups in total. The molecule has 29 heavy (non-hydrogen) atoms. The molecule has 1 unspecified atom stereocenters. The molecule has 1 atom stereocenters. The summed E-state index contributed by atoms with van der Waals surface area (Å²) >= 11 is 6.99. The van der Waals surface area contributed by atoms with Gasteiger partial charge in [0.2, 0.25) is 5.91 Å². The van der Waals surface area contributed by atoms with Crippen molar-refractivity contribution in [3.63, 3.8) is 0 Å². The van der Waals surface area contributed by atoms with E-state index in [4.69, 9.17) is 11.6 Å². The summed E-state index contributed by atoms with van der Waals surface area (Å²) in [5, 5.41) is 3.94. The molecular formula is C19H19ClF3N3O2S. The van der Waals surface area contributed by atoms with Crippen molar-refractivity contribution in [2.45, 2.75) is 19.1 Å². The number of carbonyl (C=O) groups excluding carboxylic acids is 2. The zero-order valence-electron chi connectivity index (χ0n) is 15.5. The van der Waals surface area contributed by atoms with Crippen molar-refractivity contribution in [3.8, 4) is 0 Å². The topological polar surface area (TPSA) is 52.7 Å². The van der Waals surface area contributed by atoms with Crippen LogP contribution >= 0.6 is 22.9 Å². The van der Waals surface area contributed by atoms with Gasteiger partial charge in [-0.25, -0.2) is 0 Å². The molecular weight excluding hydrogens is 427 g/mol. The number of rotatable bonds is 4. The van der Waals surface area contributed by atoms with Gasteiger partial charge in [-0.05, 0) is 36.6 Å². The number of hydrogen-bond donors (Lipinski definition) is 1. The molecule has 0 radical (unpaired) electrons. The molecule has 0 saturated carbocycles. The van der Waals surface area contributed by atoms with E-state index in [1.165, 1.54) is 17.4 Å². The SMILES string of the molecule is CC(C(=O)Nc1ccc(Cl)c(C(F)(F)F)c1)N1CCN(C(=O)c2cccs2)CC1. The Kier molecular flexibility index (Phi) is 6.50. The normalized spacial score (nSPS) is 16.5. The Labute approximate surface area is 175 Å². The molecule has 0 aliphatic carbocycles. The van der Waals surface area contributed by atoms with Crippen LogP contribution in [0.2, 0.25) is 5.02 Å². The first-order chi connectivity index (χ1) is 13.7. The second-order valence-electron chi connectivity index (χ2n) is 6.66. The van der Waals surface area contributed by atoms with Gasteiger partial charge in [0.05, 0.1) is 21.5 Å². The highest BCUT2D eigenvalue weighted by Gasteiger charge is 2.34. The molecule has 2 aromatic rings. The van der Waals surface area contributed by atoms with Crippen molar-refractivity contribution in [1.82, 2.24) is 9.80 Å². The second kappa shape index (κ2) is 8.73. The summed E-state index contributed by atoms with van der Waals surface area (Å²) in [6.07, 6.45) is -4.60. The van der Waals surface area contributed by atoms with Gasteiger partial charge < -0.3 is 10.2 Å². The summed E-state index contributed by atoms with van der Waals surface area (Å²) in [5.74, 6) is -0.448. The van der Waals surface area contributed by atoms with Crippen LogP contribution in [-0.4, -0.2) is 53.8 Å². The van der Waals surface area contributed by atoms with Gasteiger partial charge in [0.15, 0.2) is 0 Å². The number of benzene rings is 1. The fourth-order valence-electron chi connectivity index (χ4n) is 3.10. The molecule has 10 heteroatoms.